The number of ether oxygens (including phenoxy) is 1. The number of hydrogen-bond donors (Lipinski definition) is 2. The second-order valence-corrected chi connectivity index (χ2v) is 7.60. The molecule has 2 N–H and O–H groups in total. The zero-order chi connectivity index (χ0) is 21.5. The molecule has 2 aromatic rings. The molecule has 30 heavy (non-hydrogen) atoms. The van der Waals surface area contributed by atoms with Crippen LogP contribution in [0.15, 0.2) is 48.5 Å². The van der Waals surface area contributed by atoms with E-state index in [1.807, 2.05) is 24.3 Å². The third kappa shape index (κ3) is 6.07. The van der Waals surface area contributed by atoms with E-state index in [0.29, 0.717) is 16.9 Å². The molecule has 0 saturated carbocycles. The van der Waals surface area contributed by atoms with Crippen LogP contribution < -0.4 is 15.5 Å². The predicted molar refractivity (Wildman–Crippen MR) is 117 cm³/mol. The first kappa shape index (κ1) is 21.4. The third-order valence-electron chi connectivity index (χ3n) is 5.08. The van der Waals surface area contributed by atoms with Gasteiger partial charge in [-0.25, -0.2) is 4.79 Å². The molecule has 0 unspecified atom stereocenters. The van der Waals surface area contributed by atoms with Crippen molar-refractivity contribution in [3.05, 3.63) is 54.1 Å². The number of amides is 2. The molecule has 1 fully saturated rings. The summed E-state index contributed by atoms with van der Waals surface area (Å²) in [6.07, 6.45) is 2.39. The highest BCUT2D eigenvalue weighted by molar-refractivity contribution is 5.96. The Labute approximate surface area is 176 Å². The van der Waals surface area contributed by atoms with Crippen molar-refractivity contribution in [2.24, 2.45) is 5.92 Å². The number of rotatable bonds is 6. The Morgan fingerprint density at radius 2 is 1.50 bits per heavy atom. The maximum Gasteiger partial charge on any atom is 0.338 e. The largest absolute Gasteiger partial charge is 0.452 e. The molecule has 2 aromatic carbocycles. The van der Waals surface area contributed by atoms with E-state index in [9.17, 15) is 14.4 Å². The first-order valence-electron chi connectivity index (χ1n) is 10.1. The molecule has 158 valence electrons. The second kappa shape index (κ2) is 9.91. The van der Waals surface area contributed by atoms with Crippen molar-refractivity contribution < 1.29 is 19.1 Å². The third-order valence-corrected chi connectivity index (χ3v) is 5.08. The molecule has 0 spiro atoms. The van der Waals surface area contributed by atoms with Gasteiger partial charge in [0.05, 0.1) is 5.56 Å². The van der Waals surface area contributed by atoms with Crippen LogP contribution in [0.1, 0.15) is 37.0 Å². The van der Waals surface area contributed by atoms with E-state index >= 15 is 0 Å². The van der Waals surface area contributed by atoms with Gasteiger partial charge in [0.1, 0.15) is 0 Å². The molecule has 1 heterocycles. The van der Waals surface area contributed by atoms with Crippen LogP contribution in [0.25, 0.3) is 0 Å². The minimum absolute atomic E-state index is 0.194. The monoisotopic (exact) mass is 409 g/mol. The molecule has 1 saturated heterocycles. The summed E-state index contributed by atoms with van der Waals surface area (Å²) in [7, 11) is 0. The first-order valence-corrected chi connectivity index (χ1v) is 10.1. The van der Waals surface area contributed by atoms with Gasteiger partial charge in [0, 0.05) is 37.1 Å². The van der Waals surface area contributed by atoms with Crippen molar-refractivity contribution in [3.8, 4) is 0 Å². The summed E-state index contributed by atoms with van der Waals surface area (Å²) in [5.74, 6) is -0.426. The lowest BCUT2D eigenvalue weighted by molar-refractivity contribution is -0.119. The van der Waals surface area contributed by atoms with Crippen molar-refractivity contribution in [1.82, 2.24) is 0 Å². The molecule has 3 rings (SSSR count). The van der Waals surface area contributed by atoms with E-state index in [4.69, 9.17) is 4.74 Å². The molecule has 0 aromatic heterocycles. The molecule has 1 aliphatic rings. The van der Waals surface area contributed by atoms with Crippen molar-refractivity contribution in [2.45, 2.75) is 26.7 Å². The predicted octanol–water partition coefficient (Wildman–Crippen LogP) is 3.68. The maximum absolute atomic E-state index is 12.1. The highest BCUT2D eigenvalue weighted by Crippen LogP contribution is 2.24. The number of carbonyl (C=O) groups is 3. The van der Waals surface area contributed by atoms with Gasteiger partial charge in [0.2, 0.25) is 5.91 Å². The Hall–Kier alpha value is -3.35. The van der Waals surface area contributed by atoms with Crippen molar-refractivity contribution in [1.29, 1.82) is 0 Å². The van der Waals surface area contributed by atoms with Gasteiger partial charge in [-0.1, -0.05) is 6.92 Å². The zero-order valence-corrected chi connectivity index (χ0v) is 17.3. The van der Waals surface area contributed by atoms with Gasteiger partial charge >= 0.3 is 5.97 Å². The van der Waals surface area contributed by atoms with Crippen LogP contribution in [-0.2, 0) is 14.3 Å². The summed E-state index contributed by atoms with van der Waals surface area (Å²) in [6, 6.07) is 14.0. The lowest BCUT2D eigenvalue weighted by atomic mass is 9.99. The highest BCUT2D eigenvalue weighted by atomic mass is 16.5. The number of piperidine rings is 1. The summed E-state index contributed by atoms with van der Waals surface area (Å²) in [4.78, 5) is 37.6. The summed E-state index contributed by atoms with van der Waals surface area (Å²) in [5.41, 5.74) is 2.69. The van der Waals surface area contributed by atoms with Crippen LogP contribution in [0.4, 0.5) is 17.1 Å². The van der Waals surface area contributed by atoms with E-state index in [1.165, 1.54) is 31.9 Å². The lowest BCUT2D eigenvalue weighted by Gasteiger charge is -2.32. The minimum Gasteiger partial charge on any atom is -0.452 e. The topological polar surface area (TPSA) is 87.7 Å². The van der Waals surface area contributed by atoms with Gasteiger partial charge in [-0.15, -0.1) is 0 Å². The molecular weight excluding hydrogens is 382 g/mol. The highest BCUT2D eigenvalue weighted by Gasteiger charge is 2.16. The number of nitrogens with zero attached hydrogens (tertiary/aromatic N) is 1. The molecule has 7 nitrogen and oxygen atoms in total. The quantitative estimate of drug-likeness (QED) is 0.711. The van der Waals surface area contributed by atoms with E-state index < -0.39 is 11.9 Å². The minimum atomic E-state index is -0.603. The van der Waals surface area contributed by atoms with Crippen LogP contribution in [0.3, 0.4) is 0 Å². The number of hydrogen-bond acceptors (Lipinski definition) is 5. The van der Waals surface area contributed by atoms with Crippen molar-refractivity contribution in [2.75, 3.05) is 35.2 Å². The van der Waals surface area contributed by atoms with Gasteiger partial charge in [-0.05, 0) is 67.3 Å². The van der Waals surface area contributed by atoms with Crippen LogP contribution in [0, 0.1) is 5.92 Å². The molecular formula is C23H27N3O4. The Balaban J connectivity index is 1.46. The van der Waals surface area contributed by atoms with E-state index in [1.54, 1.807) is 12.1 Å². The number of esters is 1. The van der Waals surface area contributed by atoms with Crippen LogP contribution >= 0.6 is 0 Å². The van der Waals surface area contributed by atoms with E-state index in [2.05, 4.69) is 22.5 Å². The van der Waals surface area contributed by atoms with Gasteiger partial charge in [-0.3, -0.25) is 9.59 Å². The number of carbonyl (C=O) groups excluding carboxylic acids is 3. The van der Waals surface area contributed by atoms with E-state index in [0.717, 1.165) is 24.7 Å². The summed E-state index contributed by atoms with van der Waals surface area (Å²) in [5, 5.41) is 5.35. The SMILES string of the molecule is CC(=O)Nc1ccc(C(=O)OCC(=O)Nc2ccc(N3CCC(C)CC3)cc2)cc1. The lowest BCUT2D eigenvalue weighted by Crippen LogP contribution is -2.32. The molecule has 0 bridgehead atoms. The number of nitrogens with one attached hydrogen (secondary N) is 2. The van der Waals surface area contributed by atoms with Crippen LogP contribution in [-0.4, -0.2) is 37.5 Å². The smallest absolute Gasteiger partial charge is 0.338 e. The van der Waals surface area contributed by atoms with Gasteiger partial charge in [0.15, 0.2) is 6.61 Å². The van der Waals surface area contributed by atoms with Crippen LogP contribution in [0.2, 0.25) is 0 Å². The Bertz CT molecular complexity index is 886. The van der Waals surface area contributed by atoms with E-state index in [-0.39, 0.29) is 12.5 Å². The Kier molecular flexibility index (Phi) is 7.06. The fourth-order valence-corrected chi connectivity index (χ4v) is 3.33. The molecule has 7 heteroatoms. The summed E-state index contributed by atoms with van der Waals surface area (Å²) < 4.78 is 5.07. The summed E-state index contributed by atoms with van der Waals surface area (Å²) in [6.45, 7) is 5.41. The Morgan fingerprint density at radius 3 is 2.10 bits per heavy atom. The average Bonchev–Trinajstić information content (AvgIpc) is 2.73. The van der Waals surface area contributed by atoms with Crippen molar-refractivity contribution >= 4 is 34.8 Å². The van der Waals surface area contributed by atoms with Gasteiger partial charge in [0.25, 0.3) is 5.91 Å². The standard InChI is InChI=1S/C23H27N3O4/c1-16-11-13-26(14-12-16)21-9-7-20(8-10-21)25-22(28)15-30-23(29)18-3-5-19(6-4-18)24-17(2)27/h3-10,16H,11-15H2,1-2H3,(H,24,27)(H,25,28). The fourth-order valence-electron chi connectivity index (χ4n) is 3.33. The van der Waals surface area contributed by atoms with Gasteiger partial charge < -0.3 is 20.3 Å². The van der Waals surface area contributed by atoms with Crippen LogP contribution in [0.5, 0.6) is 0 Å². The maximum atomic E-state index is 12.1. The first-order chi connectivity index (χ1) is 14.4. The molecule has 0 aliphatic carbocycles. The molecule has 0 atom stereocenters. The molecule has 0 radical (unpaired) electrons. The van der Waals surface area contributed by atoms with Crippen molar-refractivity contribution in [3.63, 3.8) is 0 Å². The second-order valence-electron chi connectivity index (χ2n) is 7.60. The number of anilines is 3. The molecule has 1 aliphatic heterocycles. The summed E-state index contributed by atoms with van der Waals surface area (Å²) >= 11 is 0. The fraction of sp³-hybridized carbons (Fsp3) is 0.348. The zero-order valence-electron chi connectivity index (χ0n) is 17.3. The molecule has 2 amide bonds. The Morgan fingerprint density at radius 1 is 0.933 bits per heavy atom. The normalized spacial score (nSPS) is 14.1. The van der Waals surface area contributed by atoms with Gasteiger partial charge in [-0.2, -0.15) is 0 Å². The average molecular weight is 409 g/mol. The number of benzene rings is 2.